The van der Waals surface area contributed by atoms with E-state index in [0.717, 1.165) is 0 Å². The largest absolute Gasteiger partial charge is 0.496 e. The van der Waals surface area contributed by atoms with Gasteiger partial charge in [0.25, 0.3) is 0 Å². The summed E-state index contributed by atoms with van der Waals surface area (Å²) in [5, 5.41) is 7.94. The molecule has 2 rings (SSSR count). The topological polar surface area (TPSA) is 123 Å². The first-order valence-corrected chi connectivity index (χ1v) is 9.41. The molecule has 0 spiro atoms. The van der Waals surface area contributed by atoms with Crippen LogP contribution >= 0.6 is 0 Å². The van der Waals surface area contributed by atoms with Crippen molar-refractivity contribution in [1.82, 2.24) is 15.6 Å². The smallest absolute Gasteiger partial charge is 0.313 e. The number of carbonyl (C=O) groups excluding carboxylic acids is 3. The second-order valence-electron chi connectivity index (χ2n) is 8.51. The molecule has 1 heterocycles. The number of oxazole rings is 1. The maximum atomic E-state index is 12.3. The van der Waals surface area contributed by atoms with Crippen LogP contribution < -0.4 is 20.7 Å². The maximum absolute atomic E-state index is 12.3. The fourth-order valence-corrected chi connectivity index (χ4v) is 2.48. The number of nitrogens with one attached hydrogen (secondary N) is 3. The van der Waals surface area contributed by atoms with Crippen molar-refractivity contribution in [1.29, 1.82) is 0 Å². The van der Waals surface area contributed by atoms with E-state index in [1.54, 1.807) is 59.0 Å². The van der Waals surface area contributed by atoms with Crippen molar-refractivity contribution in [2.24, 2.45) is 5.41 Å². The molecule has 0 saturated carbocycles. The number of benzene rings is 1. The summed E-state index contributed by atoms with van der Waals surface area (Å²) < 4.78 is 10.6. The van der Waals surface area contributed by atoms with Crippen molar-refractivity contribution < 1.29 is 23.5 Å². The molecule has 0 unspecified atom stereocenters. The van der Waals surface area contributed by atoms with Gasteiger partial charge in [-0.1, -0.05) is 20.8 Å². The summed E-state index contributed by atoms with van der Waals surface area (Å²) in [5.41, 5.74) is -0.320. The van der Waals surface area contributed by atoms with Crippen LogP contribution in [-0.4, -0.2) is 41.9 Å². The van der Waals surface area contributed by atoms with Crippen molar-refractivity contribution in [2.45, 2.75) is 40.2 Å². The Hall–Kier alpha value is -3.36. The summed E-state index contributed by atoms with van der Waals surface area (Å²) in [5.74, 6) is -0.826. The van der Waals surface area contributed by atoms with Crippen molar-refractivity contribution in [2.75, 3.05) is 19.0 Å². The molecule has 0 aliphatic heterocycles. The number of aromatic nitrogens is 1. The molecule has 0 aliphatic carbocycles. The molecule has 0 bridgehead atoms. The van der Waals surface area contributed by atoms with E-state index in [1.165, 1.54) is 13.5 Å². The number of anilines is 1. The molecule has 9 heteroatoms. The molecule has 3 N–H and O–H groups in total. The van der Waals surface area contributed by atoms with Gasteiger partial charge in [-0.05, 0) is 26.0 Å². The summed E-state index contributed by atoms with van der Waals surface area (Å²) >= 11 is 0. The summed E-state index contributed by atoms with van der Waals surface area (Å²) in [7, 11) is 1.49. The van der Waals surface area contributed by atoms with E-state index in [1.807, 2.05) is 0 Å². The third-order valence-electron chi connectivity index (χ3n) is 4.19. The predicted octanol–water partition coefficient (Wildman–Crippen LogP) is 2.35. The molecule has 0 saturated heterocycles. The van der Waals surface area contributed by atoms with Gasteiger partial charge in [0, 0.05) is 23.7 Å². The normalized spacial score (nSPS) is 11.5. The molecular weight excluding hydrogens is 388 g/mol. The van der Waals surface area contributed by atoms with Gasteiger partial charge in [0.2, 0.25) is 5.91 Å². The monoisotopic (exact) mass is 416 g/mol. The van der Waals surface area contributed by atoms with Crippen molar-refractivity contribution >= 4 is 23.4 Å². The van der Waals surface area contributed by atoms with Gasteiger partial charge in [-0.15, -0.1) is 0 Å². The predicted molar refractivity (Wildman–Crippen MR) is 112 cm³/mol. The zero-order valence-electron chi connectivity index (χ0n) is 18.1. The Bertz CT molecular complexity index is 914. The van der Waals surface area contributed by atoms with Gasteiger partial charge in [0.05, 0.1) is 24.4 Å². The maximum Gasteiger partial charge on any atom is 0.313 e. The van der Waals surface area contributed by atoms with Gasteiger partial charge in [-0.2, -0.15) is 0 Å². The van der Waals surface area contributed by atoms with Crippen LogP contribution in [0.3, 0.4) is 0 Å². The van der Waals surface area contributed by atoms with Crippen LogP contribution in [0.4, 0.5) is 5.69 Å². The van der Waals surface area contributed by atoms with Crippen molar-refractivity contribution in [3.63, 3.8) is 0 Å². The van der Waals surface area contributed by atoms with Gasteiger partial charge in [0.1, 0.15) is 5.75 Å². The average molecular weight is 416 g/mol. The lowest BCUT2D eigenvalue weighted by Crippen LogP contribution is -2.55. The molecule has 9 nitrogen and oxygen atoms in total. The highest BCUT2D eigenvalue weighted by molar-refractivity contribution is 6.39. The van der Waals surface area contributed by atoms with E-state index < -0.39 is 22.8 Å². The second kappa shape index (κ2) is 8.98. The quantitative estimate of drug-likeness (QED) is 0.621. The first kappa shape index (κ1) is 22.9. The fraction of sp³-hybridized carbons (Fsp3) is 0.429. The Morgan fingerprint density at radius 3 is 2.37 bits per heavy atom. The lowest BCUT2D eigenvalue weighted by molar-refractivity contribution is -0.137. The third kappa shape index (κ3) is 6.07. The summed E-state index contributed by atoms with van der Waals surface area (Å²) in [6, 6.07) is 4.90. The number of nitrogens with zero attached hydrogens (tertiary/aromatic N) is 1. The number of hydrogen-bond donors (Lipinski definition) is 3. The number of ether oxygens (including phenoxy) is 1. The summed E-state index contributed by atoms with van der Waals surface area (Å²) in [6.07, 6.45) is 2.85. The van der Waals surface area contributed by atoms with Crippen LogP contribution in [0.15, 0.2) is 35.2 Å². The molecule has 30 heavy (non-hydrogen) atoms. The third-order valence-corrected chi connectivity index (χ3v) is 4.19. The van der Waals surface area contributed by atoms with Crippen LogP contribution in [0.2, 0.25) is 0 Å². The minimum absolute atomic E-state index is 0.145. The van der Waals surface area contributed by atoms with Crippen molar-refractivity contribution in [3.05, 3.63) is 30.8 Å². The molecule has 0 aliphatic rings. The zero-order chi connectivity index (χ0) is 22.5. The first-order chi connectivity index (χ1) is 13.9. The molecule has 162 valence electrons. The lowest BCUT2D eigenvalue weighted by Gasteiger charge is -2.28. The number of carbonyl (C=O) groups is 3. The second-order valence-corrected chi connectivity index (χ2v) is 8.51. The highest BCUT2D eigenvalue weighted by atomic mass is 16.5. The highest BCUT2D eigenvalue weighted by Crippen LogP contribution is 2.32. The van der Waals surface area contributed by atoms with Gasteiger partial charge < -0.3 is 25.1 Å². The molecule has 3 amide bonds. The highest BCUT2D eigenvalue weighted by Gasteiger charge is 2.28. The number of hydrogen-bond acceptors (Lipinski definition) is 6. The Labute approximate surface area is 175 Å². The van der Waals surface area contributed by atoms with Gasteiger partial charge in [-0.25, -0.2) is 4.98 Å². The summed E-state index contributed by atoms with van der Waals surface area (Å²) in [6.45, 7) is 9.00. The van der Waals surface area contributed by atoms with Crippen LogP contribution in [0, 0.1) is 5.41 Å². The Morgan fingerprint density at radius 2 is 1.80 bits per heavy atom. The van der Waals surface area contributed by atoms with E-state index >= 15 is 0 Å². The van der Waals surface area contributed by atoms with Gasteiger partial charge >= 0.3 is 11.8 Å². The molecular formula is C21H28N4O5. The molecule has 2 aromatic rings. The molecule has 0 fully saturated rings. The molecule has 1 aromatic carbocycles. The molecule has 1 aromatic heterocycles. The van der Waals surface area contributed by atoms with Crippen LogP contribution in [-0.2, 0) is 14.4 Å². The number of methoxy groups -OCH3 is 1. The SMILES string of the molecule is COc1cc(NC(=O)C(=O)NC(C)(C)CNC(=O)C(C)(C)C)ccc1-c1cnco1. The van der Waals surface area contributed by atoms with Gasteiger partial charge in [0.15, 0.2) is 12.2 Å². The minimum atomic E-state index is -0.834. The van der Waals surface area contributed by atoms with E-state index in [-0.39, 0.29) is 12.5 Å². The van der Waals surface area contributed by atoms with E-state index in [9.17, 15) is 14.4 Å². The standard InChI is InChI=1S/C21H28N4O5/c1-20(2,3)19(28)23-11-21(4,5)25-18(27)17(26)24-13-7-8-14(15(9-13)29-6)16-10-22-12-30-16/h7-10,12H,11H2,1-6H3,(H,23,28)(H,24,26)(H,25,27). The Morgan fingerprint density at radius 1 is 1.10 bits per heavy atom. The first-order valence-electron chi connectivity index (χ1n) is 9.41. The Balaban J connectivity index is 2.00. The summed E-state index contributed by atoms with van der Waals surface area (Å²) in [4.78, 5) is 40.5. The van der Waals surface area contributed by atoms with Gasteiger partial charge in [-0.3, -0.25) is 14.4 Å². The van der Waals surface area contributed by atoms with Crippen LogP contribution in [0.1, 0.15) is 34.6 Å². The number of rotatable bonds is 6. The van der Waals surface area contributed by atoms with E-state index in [4.69, 9.17) is 9.15 Å². The Kier molecular flexibility index (Phi) is 6.86. The van der Waals surface area contributed by atoms with E-state index in [0.29, 0.717) is 22.8 Å². The van der Waals surface area contributed by atoms with E-state index in [2.05, 4.69) is 20.9 Å². The van der Waals surface area contributed by atoms with Crippen LogP contribution in [0.5, 0.6) is 5.75 Å². The van der Waals surface area contributed by atoms with Crippen molar-refractivity contribution in [3.8, 4) is 17.1 Å². The van der Waals surface area contributed by atoms with Crippen LogP contribution in [0.25, 0.3) is 11.3 Å². The molecule has 0 atom stereocenters. The lowest BCUT2D eigenvalue weighted by atomic mass is 9.95. The average Bonchev–Trinajstić information content (AvgIpc) is 3.19. The fourth-order valence-electron chi connectivity index (χ4n) is 2.48. The minimum Gasteiger partial charge on any atom is -0.496 e. The zero-order valence-corrected chi connectivity index (χ0v) is 18.1. The molecule has 0 radical (unpaired) electrons. The number of amides is 3.